The Kier molecular flexibility index (Phi) is 6.14. The van der Waals surface area contributed by atoms with Crippen LogP contribution in [-0.2, 0) is 26.2 Å². The van der Waals surface area contributed by atoms with Crippen molar-refractivity contribution < 1.29 is 19.1 Å². The van der Waals surface area contributed by atoms with Gasteiger partial charge in [-0.25, -0.2) is 4.79 Å². The highest BCUT2D eigenvalue weighted by molar-refractivity contribution is 7.10. The maximum absolute atomic E-state index is 13.3. The molecule has 0 saturated heterocycles. The first-order valence-electron chi connectivity index (χ1n) is 11.5. The molecule has 2 unspecified atom stereocenters. The number of nitrogens with zero attached hydrogens (tertiary/aromatic N) is 1. The van der Waals surface area contributed by atoms with Crippen molar-refractivity contribution in [1.82, 2.24) is 4.90 Å². The molecule has 3 N–H and O–H groups in total. The van der Waals surface area contributed by atoms with Crippen LogP contribution in [0.3, 0.4) is 0 Å². The van der Waals surface area contributed by atoms with Crippen LogP contribution in [0.2, 0.25) is 0 Å². The number of fused-ring (bicyclic) bond motifs is 3. The zero-order chi connectivity index (χ0) is 24.8. The summed E-state index contributed by atoms with van der Waals surface area (Å²) in [6, 6.07) is 7.60. The van der Waals surface area contributed by atoms with Gasteiger partial charge in [-0.1, -0.05) is 6.07 Å². The first-order chi connectivity index (χ1) is 16.0. The number of nitrogens with one attached hydrogen (secondary N) is 1. The summed E-state index contributed by atoms with van der Waals surface area (Å²) < 4.78 is 11.4. The molecule has 2 aromatic rings. The first kappa shape index (κ1) is 24.1. The molecule has 2 atom stereocenters. The van der Waals surface area contributed by atoms with Crippen LogP contribution in [0.25, 0.3) is 0 Å². The van der Waals surface area contributed by atoms with Crippen molar-refractivity contribution in [3.63, 3.8) is 0 Å². The molecule has 4 rings (SSSR count). The van der Waals surface area contributed by atoms with Gasteiger partial charge in [0.05, 0.1) is 18.8 Å². The van der Waals surface area contributed by atoms with E-state index < -0.39 is 28.9 Å². The van der Waals surface area contributed by atoms with Crippen molar-refractivity contribution in [2.75, 3.05) is 19.0 Å². The zero-order valence-corrected chi connectivity index (χ0v) is 21.4. The fourth-order valence-corrected chi connectivity index (χ4v) is 5.85. The highest BCUT2D eigenvalue weighted by Crippen LogP contribution is 2.54. The molecular formula is C26H33N3O4S. The Labute approximate surface area is 204 Å². The highest BCUT2D eigenvalue weighted by Gasteiger charge is 2.57. The number of hydrogen-bond donors (Lipinski definition) is 2. The van der Waals surface area contributed by atoms with Crippen molar-refractivity contribution in [2.24, 2.45) is 5.73 Å². The number of thiophene rings is 1. The van der Waals surface area contributed by atoms with E-state index in [-0.39, 0.29) is 6.04 Å². The third-order valence-corrected chi connectivity index (χ3v) is 7.20. The van der Waals surface area contributed by atoms with Crippen LogP contribution in [0.5, 0.6) is 5.75 Å². The minimum absolute atomic E-state index is 0.184. The number of esters is 1. The molecule has 0 saturated carbocycles. The number of primary amides is 1. The normalized spacial score (nSPS) is 21.6. The van der Waals surface area contributed by atoms with Gasteiger partial charge < -0.3 is 25.4 Å². The topological polar surface area (TPSA) is 93.9 Å². The van der Waals surface area contributed by atoms with Gasteiger partial charge in [0.1, 0.15) is 22.5 Å². The number of methoxy groups -OCH3 is 1. The van der Waals surface area contributed by atoms with E-state index >= 15 is 0 Å². The molecule has 3 heterocycles. The lowest BCUT2D eigenvalue weighted by Crippen LogP contribution is -2.48. The van der Waals surface area contributed by atoms with Crippen LogP contribution < -0.4 is 15.8 Å². The Balaban J connectivity index is 1.93. The van der Waals surface area contributed by atoms with Crippen LogP contribution in [0.1, 0.15) is 56.7 Å². The van der Waals surface area contributed by atoms with Crippen LogP contribution in [-0.4, -0.2) is 42.1 Å². The Morgan fingerprint density at radius 3 is 2.59 bits per heavy atom. The molecule has 2 aliphatic heterocycles. The van der Waals surface area contributed by atoms with Crippen molar-refractivity contribution in [3.05, 3.63) is 57.4 Å². The zero-order valence-electron chi connectivity index (χ0n) is 20.6. The summed E-state index contributed by atoms with van der Waals surface area (Å²) in [7, 11) is 1.65. The van der Waals surface area contributed by atoms with Crippen LogP contribution in [0, 0.1) is 0 Å². The van der Waals surface area contributed by atoms with Crippen LogP contribution in [0.15, 0.2) is 41.4 Å². The molecule has 1 amide bonds. The number of amides is 1. The van der Waals surface area contributed by atoms with Crippen molar-refractivity contribution in [2.45, 2.75) is 64.1 Å². The Morgan fingerprint density at radius 1 is 1.29 bits per heavy atom. The van der Waals surface area contributed by atoms with E-state index in [1.54, 1.807) is 13.2 Å². The monoisotopic (exact) mass is 483 g/mol. The average Bonchev–Trinajstić information content (AvgIpc) is 3.38. The SMILES string of the molecule is COc1cc2c(cc1NC(C)C)C1N(CC2)C(C(=O)OC(C)(C)C)=CC1(C(N)=O)c1cccs1. The lowest BCUT2D eigenvalue weighted by atomic mass is 9.73. The summed E-state index contributed by atoms with van der Waals surface area (Å²) in [6.45, 7) is 10.2. The van der Waals surface area contributed by atoms with Gasteiger partial charge in [0.25, 0.3) is 0 Å². The predicted molar refractivity (Wildman–Crippen MR) is 134 cm³/mol. The van der Waals surface area contributed by atoms with Crippen molar-refractivity contribution >= 4 is 28.9 Å². The Morgan fingerprint density at radius 2 is 2.03 bits per heavy atom. The van der Waals surface area contributed by atoms with Crippen molar-refractivity contribution in [3.8, 4) is 5.75 Å². The van der Waals surface area contributed by atoms with E-state index in [4.69, 9.17) is 15.2 Å². The molecule has 7 nitrogen and oxygen atoms in total. The van der Waals surface area contributed by atoms with E-state index in [9.17, 15) is 9.59 Å². The summed E-state index contributed by atoms with van der Waals surface area (Å²) in [5.41, 5.74) is 7.55. The minimum Gasteiger partial charge on any atom is -0.495 e. The number of rotatable bonds is 6. The molecule has 0 bridgehead atoms. The summed E-state index contributed by atoms with van der Waals surface area (Å²) in [5, 5.41) is 5.37. The van der Waals surface area contributed by atoms with E-state index in [0.717, 1.165) is 27.4 Å². The van der Waals surface area contributed by atoms with E-state index in [1.807, 2.05) is 55.3 Å². The number of nitrogens with two attached hydrogens (primary N) is 1. The van der Waals surface area contributed by atoms with Crippen LogP contribution in [0.4, 0.5) is 5.69 Å². The first-order valence-corrected chi connectivity index (χ1v) is 12.4. The summed E-state index contributed by atoms with van der Waals surface area (Å²) in [6.07, 6.45) is 2.43. The number of carbonyl (C=O) groups is 2. The third kappa shape index (κ3) is 4.04. The molecule has 0 radical (unpaired) electrons. The fraction of sp³-hybridized carbons (Fsp3) is 0.462. The van der Waals surface area contributed by atoms with E-state index in [0.29, 0.717) is 18.7 Å². The molecule has 1 aromatic carbocycles. The maximum Gasteiger partial charge on any atom is 0.354 e. The average molecular weight is 484 g/mol. The predicted octanol–water partition coefficient (Wildman–Crippen LogP) is 4.14. The molecule has 1 aromatic heterocycles. The summed E-state index contributed by atoms with van der Waals surface area (Å²) in [5.74, 6) is -0.194. The fourth-order valence-electron chi connectivity index (χ4n) is 4.92. The lowest BCUT2D eigenvalue weighted by Gasteiger charge is -2.42. The number of ether oxygens (including phenoxy) is 2. The molecule has 8 heteroatoms. The number of carbonyl (C=O) groups excluding carboxylic acids is 2. The van der Waals surface area contributed by atoms with E-state index in [2.05, 4.69) is 19.2 Å². The van der Waals surface area contributed by atoms with Crippen LogP contribution >= 0.6 is 11.3 Å². The smallest absolute Gasteiger partial charge is 0.354 e. The standard InChI is InChI=1S/C26H33N3O4S/c1-15(2)28-18-13-17-16(12-20(18)32-6)9-10-29-19(23(30)33-25(3,4)5)14-26(22(17)29,24(27)31)21-8-7-11-34-21/h7-8,11-15,22,28H,9-10H2,1-6H3,(H2,27,31). The molecule has 0 spiro atoms. The summed E-state index contributed by atoms with van der Waals surface area (Å²) in [4.78, 5) is 29.4. The molecule has 182 valence electrons. The maximum atomic E-state index is 13.3. The second-order valence-corrected chi connectivity index (χ2v) is 11.1. The van der Waals surface area contributed by atoms with Gasteiger partial charge in [-0.2, -0.15) is 0 Å². The van der Waals surface area contributed by atoms with Gasteiger partial charge in [-0.05, 0) is 81.8 Å². The number of hydrogen-bond acceptors (Lipinski definition) is 7. The molecule has 0 fully saturated rings. The molecule has 34 heavy (non-hydrogen) atoms. The second-order valence-electron chi connectivity index (χ2n) is 10.1. The third-order valence-electron chi connectivity index (χ3n) is 6.18. The van der Waals surface area contributed by atoms with Gasteiger partial charge >= 0.3 is 5.97 Å². The Bertz CT molecular complexity index is 1130. The quantitative estimate of drug-likeness (QED) is 0.600. The molecule has 0 aliphatic carbocycles. The van der Waals surface area contributed by atoms with Gasteiger partial charge in [-0.15, -0.1) is 11.3 Å². The molecule has 2 aliphatic rings. The second kappa shape index (κ2) is 8.65. The van der Waals surface area contributed by atoms with Crippen molar-refractivity contribution in [1.29, 1.82) is 0 Å². The van der Waals surface area contributed by atoms with Gasteiger partial charge in [-0.3, -0.25) is 4.79 Å². The lowest BCUT2D eigenvalue weighted by molar-refractivity contribution is -0.152. The number of benzene rings is 1. The number of anilines is 1. The van der Waals surface area contributed by atoms with Gasteiger partial charge in [0.2, 0.25) is 5.91 Å². The highest BCUT2D eigenvalue weighted by atomic mass is 32.1. The molecular weight excluding hydrogens is 450 g/mol. The van der Waals surface area contributed by atoms with Gasteiger partial charge in [0.15, 0.2) is 0 Å². The summed E-state index contributed by atoms with van der Waals surface area (Å²) >= 11 is 1.46. The largest absolute Gasteiger partial charge is 0.495 e. The Hall–Kier alpha value is -3.00. The van der Waals surface area contributed by atoms with Gasteiger partial charge in [0, 0.05) is 17.5 Å². The van der Waals surface area contributed by atoms with E-state index in [1.165, 1.54) is 11.3 Å². The minimum atomic E-state index is -1.20.